The van der Waals surface area contributed by atoms with Crippen molar-refractivity contribution < 1.29 is 14.4 Å². The summed E-state index contributed by atoms with van der Waals surface area (Å²) < 4.78 is 0. The van der Waals surface area contributed by atoms with E-state index in [2.05, 4.69) is 20.8 Å². The van der Waals surface area contributed by atoms with Gasteiger partial charge in [0.1, 0.15) is 12.2 Å². The van der Waals surface area contributed by atoms with Gasteiger partial charge in [-0.1, -0.05) is 48.0 Å². The van der Waals surface area contributed by atoms with Gasteiger partial charge in [-0.2, -0.15) is 0 Å². The molecule has 1 atom stereocenters. The van der Waals surface area contributed by atoms with Crippen LogP contribution in [-0.4, -0.2) is 39.1 Å². The minimum absolute atomic E-state index is 0.236. The minimum Gasteiger partial charge on any atom is -0.358 e. The molecule has 6 rings (SSSR count). The predicted octanol–water partition coefficient (Wildman–Crippen LogP) is 4.62. The lowest BCUT2D eigenvalue weighted by atomic mass is 9.95. The fourth-order valence-corrected chi connectivity index (χ4v) is 5.29. The van der Waals surface area contributed by atoms with Crippen molar-refractivity contribution in [3.63, 3.8) is 0 Å². The molecule has 1 aliphatic rings. The number of hydrogen-bond acceptors (Lipinski definition) is 3. The highest BCUT2D eigenvalue weighted by Crippen LogP contribution is 2.42. The lowest BCUT2D eigenvalue weighted by molar-refractivity contribution is -0.122. The van der Waals surface area contributed by atoms with Crippen molar-refractivity contribution in [1.29, 1.82) is 0 Å². The number of carbonyl (C=O) groups is 3. The molecule has 4 N–H and O–H groups in total. The van der Waals surface area contributed by atoms with Gasteiger partial charge in [0, 0.05) is 43.6 Å². The lowest BCUT2D eigenvalue weighted by Gasteiger charge is -2.25. The van der Waals surface area contributed by atoms with E-state index in [1.807, 2.05) is 49.4 Å². The summed E-state index contributed by atoms with van der Waals surface area (Å²) in [4.78, 5) is 46.9. The van der Waals surface area contributed by atoms with Crippen LogP contribution in [0, 0.1) is 6.92 Å². The van der Waals surface area contributed by atoms with Gasteiger partial charge in [-0.15, -0.1) is 0 Å². The van der Waals surface area contributed by atoms with E-state index in [1.54, 1.807) is 35.2 Å². The van der Waals surface area contributed by atoms with Crippen molar-refractivity contribution in [2.75, 3.05) is 6.54 Å². The molecule has 2 aromatic heterocycles. The van der Waals surface area contributed by atoms with Crippen molar-refractivity contribution in [3.05, 3.63) is 106 Å². The number of carbonyl (C=O) groups excluding carboxylic acids is 3. The highest BCUT2D eigenvalue weighted by atomic mass is 35.5. The zero-order chi connectivity index (χ0) is 25.7. The van der Waals surface area contributed by atoms with Gasteiger partial charge in [0.05, 0.1) is 6.04 Å². The molecule has 0 fully saturated rings. The largest absolute Gasteiger partial charge is 0.358 e. The number of aromatic nitrogens is 2. The van der Waals surface area contributed by atoms with Crippen LogP contribution in [0.1, 0.15) is 43.7 Å². The number of rotatable bonds is 4. The van der Waals surface area contributed by atoms with E-state index in [0.717, 1.165) is 38.6 Å². The molecule has 1 unspecified atom stereocenters. The van der Waals surface area contributed by atoms with Crippen LogP contribution in [0.25, 0.3) is 21.8 Å². The van der Waals surface area contributed by atoms with Crippen LogP contribution in [0.5, 0.6) is 0 Å². The van der Waals surface area contributed by atoms with E-state index in [0.29, 0.717) is 10.6 Å². The predicted molar refractivity (Wildman–Crippen MR) is 141 cm³/mol. The Hall–Kier alpha value is -4.56. The van der Waals surface area contributed by atoms with Gasteiger partial charge >= 0.3 is 0 Å². The van der Waals surface area contributed by atoms with Gasteiger partial charge in [0.25, 0.3) is 17.7 Å². The van der Waals surface area contributed by atoms with E-state index in [-0.39, 0.29) is 18.1 Å². The van der Waals surface area contributed by atoms with Crippen LogP contribution in [0.15, 0.2) is 72.8 Å². The first-order valence-corrected chi connectivity index (χ1v) is 12.1. The SMILES string of the molecule is Cc1[nH]c2ccccc2c1C1c2ccccc2C(=O)N1CC(=O)NNC(=O)c1cc2cc(Cl)ccc2[nH]1. The van der Waals surface area contributed by atoms with Gasteiger partial charge in [-0.05, 0) is 48.9 Å². The Kier molecular flexibility index (Phi) is 5.46. The van der Waals surface area contributed by atoms with Crippen LogP contribution in [0.2, 0.25) is 5.02 Å². The first-order chi connectivity index (χ1) is 17.9. The molecule has 1 aliphatic heterocycles. The first kappa shape index (κ1) is 22.9. The third-order valence-electron chi connectivity index (χ3n) is 6.73. The quantitative estimate of drug-likeness (QED) is 0.264. The summed E-state index contributed by atoms with van der Waals surface area (Å²) in [6, 6.07) is 21.7. The normalized spacial score (nSPS) is 14.8. The average molecular weight is 512 g/mol. The third-order valence-corrected chi connectivity index (χ3v) is 6.97. The second kappa shape index (κ2) is 8.83. The second-order valence-corrected chi connectivity index (χ2v) is 9.49. The number of nitrogens with zero attached hydrogens (tertiary/aromatic N) is 1. The fraction of sp³-hybridized carbons (Fsp3) is 0.107. The molecule has 184 valence electrons. The summed E-state index contributed by atoms with van der Waals surface area (Å²) in [6.45, 7) is 1.73. The molecule has 0 aliphatic carbocycles. The number of para-hydroxylation sites is 1. The van der Waals surface area contributed by atoms with Gasteiger partial charge < -0.3 is 14.9 Å². The zero-order valence-electron chi connectivity index (χ0n) is 19.8. The number of halogens is 1. The summed E-state index contributed by atoms with van der Waals surface area (Å²) in [6.07, 6.45) is 0. The number of hydrazine groups is 1. The Morgan fingerprint density at radius 2 is 1.73 bits per heavy atom. The Balaban J connectivity index is 1.24. The number of benzene rings is 3. The third kappa shape index (κ3) is 3.91. The molecule has 9 heteroatoms. The second-order valence-electron chi connectivity index (χ2n) is 9.05. The maximum absolute atomic E-state index is 13.4. The molecule has 0 spiro atoms. The lowest BCUT2D eigenvalue weighted by Crippen LogP contribution is -2.47. The number of hydrogen-bond donors (Lipinski definition) is 4. The number of aromatic amines is 2. The molecule has 5 aromatic rings. The van der Waals surface area contributed by atoms with Crippen molar-refractivity contribution in [2.24, 2.45) is 0 Å². The van der Waals surface area contributed by atoms with E-state index < -0.39 is 17.9 Å². The first-order valence-electron chi connectivity index (χ1n) is 11.8. The van der Waals surface area contributed by atoms with E-state index in [1.165, 1.54) is 0 Å². The molecule has 0 saturated heterocycles. The summed E-state index contributed by atoms with van der Waals surface area (Å²) in [5.74, 6) is -1.27. The Morgan fingerprint density at radius 1 is 0.946 bits per heavy atom. The highest BCUT2D eigenvalue weighted by Gasteiger charge is 2.40. The molecule has 0 bridgehead atoms. The molecular formula is C28H22ClN5O3. The Morgan fingerprint density at radius 3 is 2.59 bits per heavy atom. The van der Waals surface area contributed by atoms with E-state index in [4.69, 9.17) is 11.6 Å². The fourth-order valence-electron chi connectivity index (χ4n) is 5.11. The van der Waals surface area contributed by atoms with Crippen molar-refractivity contribution in [2.45, 2.75) is 13.0 Å². The van der Waals surface area contributed by atoms with Crippen molar-refractivity contribution in [1.82, 2.24) is 25.7 Å². The van der Waals surface area contributed by atoms with Gasteiger partial charge in [-0.3, -0.25) is 25.2 Å². The summed E-state index contributed by atoms with van der Waals surface area (Å²) in [5.41, 5.74) is 10.1. The van der Waals surface area contributed by atoms with Crippen LogP contribution in [-0.2, 0) is 4.79 Å². The topological polar surface area (TPSA) is 110 Å². The molecule has 3 heterocycles. The summed E-state index contributed by atoms with van der Waals surface area (Å²) >= 11 is 6.02. The number of H-pyrrole nitrogens is 2. The van der Waals surface area contributed by atoms with Gasteiger partial charge in [0.15, 0.2) is 0 Å². The summed E-state index contributed by atoms with van der Waals surface area (Å²) in [7, 11) is 0. The standard InChI is InChI=1S/C28H22ClN5O3/c1-15-25(20-8-4-5-9-22(20)30-15)26-18-6-2-3-7-19(18)28(37)34(26)14-24(35)32-33-27(36)23-13-16-12-17(29)10-11-21(16)31-23/h2-13,26,30-31H,14H2,1H3,(H,32,35)(H,33,36). The number of nitrogens with one attached hydrogen (secondary N) is 4. The van der Waals surface area contributed by atoms with Crippen LogP contribution in [0.3, 0.4) is 0 Å². The average Bonchev–Trinajstić information content (AvgIpc) is 3.54. The van der Waals surface area contributed by atoms with Gasteiger partial charge in [0.2, 0.25) is 0 Å². The number of fused-ring (bicyclic) bond motifs is 3. The number of amides is 3. The smallest absolute Gasteiger partial charge is 0.286 e. The molecule has 3 aromatic carbocycles. The number of aryl methyl sites for hydroxylation is 1. The minimum atomic E-state index is -0.517. The molecule has 8 nitrogen and oxygen atoms in total. The monoisotopic (exact) mass is 511 g/mol. The van der Waals surface area contributed by atoms with E-state index >= 15 is 0 Å². The summed E-state index contributed by atoms with van der Waals surface area (Å²) in [5, 5.41) is 2.33. The van der Waals surface area contributed by atoms with Crippen molar-refractivity contribution >= 4 is 51.1 Å². The maximum Gasteiger partial charge on any atom is 0.286 e. The highest BCUT2D eigenvalue weighted by molar-refractivity contribution is 6.31. The maximum atomic E-state index is 13.4. The molecule has 3 amide bonds. The zero-order valence-corrected chi connectivity index (χ0v) is 20.5. The molecule has 0 radical (unpaired) electrons. The molecular weight excluding hydrogens is 490 g/mol. The van der Waals surface area contributed by atoms with Crippen LogP contribution >= 0.6 is 11.6 Å². The van der Waals surface area contributed by atoms with Crippen LogP contribution < -0.4 is 10.9 Å². The van der Waals surface area contributed by atoms with Crippen LogP contribution in [0.4, 0.5) is 0 Å². The molecule has 0 saturated carbocycles. The Labute approximate surface area is 216 Å². The van der Waals surface area contributed by atoms with Crippen molar-refractivity contribution in [3.8, 4) is 0 Å². The molecule has 37 heavy (non-hydrogen) atoms. The Bertz CT molecular complexity index is 1720. The van der Waals surface area contributed by atoms with E-state index in [9.17, 15) is 14.4 Å². The van der Waals surface area contributed by atoms with Gasteiger partial charge in [-0.25, -0.2) is 0 Å².